The quantitative estimate of drug-likeness (QED) is 0.388. The summed E-state index contributed by atoms with van der Waals surface area (Å²) in [6.45, 7) is 8.85. The Labute approximate surface area is 177 Å². The van der Waals surface area contributed by atoms with Gasteiger partial charge in [-0.1, -0.05) is 25.1 Å². The SMILES string of the molecule is CCNC(=NCc1oc2ccccc2c1C)NC1CCN(C(=O)CC)C1.I. The van der Waals surface area contributed by atoms with E-state index in [1.807, 2.05) is 36.9 Å². The van der Waals surface area contributed by atoms with Crippen LogP contribution in [0.5, 0.6) is 0 Å². The number of halogens is 1. The monoisotopic (exact) mass is 484 g/mol. The second-order valence-electron chi connectivity index (χ2n) is 6.66. The number of amides is 1. The van der Waals surface area contributed by atoms with Crippen molar-refractivity contribution in [2.24, 2.45) is 4.99 Å². The highest BCUT2D eigenvalue weighted by Crippen LogP contribution is 2.25. The van der Waals surface area contributed by atoms with E-state index in [9.17, 15) is 4.79 Å². The molecule has 6 nitrogen and oxygen atoms in total. The van der Waals surface area contributed by atoms with E-state index >= 15 is 0 Å². The molecular formula is C20H29IN4O2. The van der Waals surface area contributed by atoms with Crippen molar-refractivity contribution in [2.75, 3.05) is 19.6 Å². The summed E-state index contributed by atoms with van der Waals surface area (Å²) >= 11 is 0. The van der Waals surface area contributed by atoms with Crippen molar-refractivity contribution in [3.63, 3.8) is 0 Å². The highest BCUT2D eigenvalue weighted by molar-refractivity contribution is 14.0. The maximum absolute atomic E-state index is 11.8. The highest BCUT2D eigenvalue weighted by atomic mass is 127. The fourth-order valence-electron chi connectivity index (χ4n) is 3.37. The van der Waals surface area contributed by atoms with Crippen LogP contribution in [0.3, 0.4) is 0 Å². The summed E-state index contributed by atoms with van der Waals surface area (Å²) in [6.07, 6.45) is 1.51. The first-order valence-corrected chi connectivity index (χ1v) is 9.42. The van der Waals surface area contributed by atoms with Crippen molar-refractivity contribution in [3.05, 3.63) is 35.6 Å². The lowest BCUT2D eigenvalue weighted by Crippen LogP contribution is -2.45. The first kappa shape index (κ1) is 21.5. The van der Waals surface area contributed by atoms with E-state index < -0.39 is 0 Å². The average Bonchev–Trinajstić information content (AvgIpc) is 3.24. The molecule has 2 N–H and O–H groups in total. The van der Waals surface area contributed by atoms with Gasteiger partial charge in [0.1, 0.15) is 17.9 Å². The molecule has 0 spiro atoms. The summed E-state index contributed by atoms with van der Waals surface area (Å²) in [6, 6.07) is 8.29. The fraction of sp³-hybridized carbons (Fsp3) is 0.500. The minimum absolute atomic E-state index is 0. The van der Waals surface area contributed by atoms with Crippen LogP contribution in [0.15, 0.2) is 33.7 Å². The molecule has 1 unspecified atom stereocenters. The molecule has 1 fully saturated rings. The van der Waals surface area contributed by atoms with Crippen LogP contribution >= 0.6 is 24.0 Å². The largest absolute Gasteiger partial charge is 0.459 e. The van der Waals surface area contributed by atoms with Gasteiger partial charge in [-0.2, -0.15) is 0 Å². The van der Waals surface area contributed by atoms with E-state index in [0.29, 0.717) is 13.0 Å². The molecule has 1 atom stereocenters. The van der Waals surface area contributed by atoms with Gasteiger partial charge in [0.05, 0.1) is 0 Å². The van der Waals surface area contributed by atoms with Crippen LogP contribution < -0.4 is 10.6 Å². The zero-order valence-corrected chi connectivity index (χ0v) is 18.6. The number of rotatable bonds is 5. The Bertz CT molecular complexity index is 802. The van der Waals surface area contributed by atoms with Crippen molar-refractivity contribution < 1.29 is 9.21 Å². The second-order valence-corrected chi connectivity index (χ2v) is 6.66. The number of benzene rings is 1. The first-order chi connectivity index (χ1) is 12.6. The molecule has 7 heteroatoms. The number of nitrogens with zero attached hydrogens (tertiary/aromatic N) is 2. The number of para-hydroxylation sites is 1. The topological polar surface area (TPSA) is 69.9 Å². The summed E-state index contributed by atoms with van der Waals surface area (Å²) < 4.78 is 5.94. The number of carbonyl (C=O) groups excluding carboxylic acids is 1. The van der Waals surface area contributed by atoms with Crippen LogP contribution in [0.1, 0.15) is 38.0 Å². The van der Waals surface area contributed by atoms with Gasteiger partial charge in [-0.25, -0.2) is 4.99 Å². The van der Waals surface area contributed by atoms with E-state index in [0.717, 1.165) is 54.3 Å². The number of likely N-dealkylation sites (tertiary alicyclic amines) is 1. The molecule has 3 rings (SSSR count). The van der Waals surface area contributed by atoms with Gasteiger partial charge in [0, 0.05) is 43.0 Å². The number of hydrogen-bond acceptors (Lipinski definition) is 3. The standard InChI is InChI=1S/C20H28N4O2.HI/c1-4-19(25)24-11-10-15(13-24)23-20(21-5-2)22-12-18-14(3)16-8-6-7-9-17(16)26-18;/h6-9,15H,4-5,10-13H2,1-3H3,(H2,21,22,23);1H. The molecule has 1 saturated heterocycles. The Morgan fingerprint density at radius 3 is 2.81 bits per heavy atom. The van der Waals surface area contributed by atoms with Gasteiger partial charge in [0.2, 0.25) is 5.91 Å². The van der Waals surface area contributed by atoms with Gasteiger partial charge in [-0.05, 0) is 26.3 Å². The number of aliphatic imine (C=N–C) groups is 1. The molecular weight excluding hydrogens is 455 g/mol. The number of hydrogen-bond donors (Lipinski definition) is 2. The van der Waals surface area contributed by atoms with Crippen molar-refractivity contribution in [1.82, 2.24) is 15.5 Å². The third-order valence-corrected chi connectivity index (χ3v) is 4.85. The molecule has 0 saturated carbocycles. The molecule has 148 valence electrons. The summed E-state index contributed by atoms with van der Waals surface area (Å²) in [5.41, 5.74) is 2.04. The third kappa shape index (κ3) is 5.15. The second kappa shape index (κ2) is 9.96. The summed E-state index contributed by atoms with van der Waals surface area (Å²) in [7, 11) is 0. The number of furan rings is 1. The lowest BCUT2D eigenvalue weighted by atomic mass is 10.1. The minimum atomic E-state index is 0. The smallest absolute Gasteiger partial charge is 0.222 e. The van der Waals surface area contributed by atoms with E-state index in [-0.39, 0.29) is 35.9 Å². The van der Waals surface area contributed by atoms with E-state index in [2.05, 4.69) is 23.6 Å². The van der Waals surface area contributed by atoms with Gasteiger partial charge >= 0.3 is 0 Å². The molecule has 0 bridgehead atoms. The normalized spacial score (nSPS) is 17.1. The Hall–Kier alpha value is -1.77. The first-order valence-electron chi connectivity index (χ1n) is 9.42. The Kier molecular flexibility index (Phi) is 7.94. The predicted octanol–water partition coefficient (Wildman–Crippen LogP) is 3.43. The van der Waals surface area contributed by atoms with Crippen LogP contribution in [0.4, 0.5) is 0 Å². The maximum Gasteiger partial charge on any atom is 0.222 e. The number of aryl methyl sites for hydroxylation is 1. The van der Waals surface area contributed by atoms with Gasteiger partial charge in [0.15, 0.2) is 5.96 Å². The van der Waals surface area contributed by atoms with Crippen LogP contribution in [-0.2, 0) is 11.3 Å². The van der Waals surface area contributed by atoms with E-state index in [1.54, 1.807) is 0 Å². The maximum atomic E-state index is 11.8. The van der Waals surface area contributed by atoms with Crippen LogP contribution in [0.2, 0.25) is 0 Å². The molecule has 1 amide bonds. The van der Waals surface area contributed by atoms with Crippen molar-refractivity contribution in [2.45, 2.75) is 46.2 Å². The predicted molar refractivity (Wildman–Crippen MR) is 120 cm³/mol. The number of carbonyl (C=O) groups is 1. The summed E-state index contributed by atoms with van der Waals surface area (Å²) in [4.78, 5) is 18.5. The molecule has 2 aromatic rings. The van der Waals surface area contributed by atoms with Gasteiger partial charge in [-0.3, -0.25) is 4.79 Å². The fourth-order valence-corrected chi connectivity index (χ4v) is 3.37. The van der Waals surface area contributed by atoms with Crippen molar-refractivity contribution in [3.8, 4) is 0 Å². The lowest BCUT2D eigenvalue weighted by molar-refractivity contribution is -0.129. The molecule has 1 aliphatic rings. The van der Waals surface area contributed by atoms with Crippen molar-refractivity contribution in [1.29, 1.82) is 0 Å². The van der Waals surface area contributed by atoms with Crippen LogP contribution in [0, 0.1) is 6.92 Å². The lowest BCUT2D eigenvalue weighted by Gasteiger charge is -2.18. The van der Waals surface area contributed by atoms with E-state index in [4.69, 9.17) is 9.41 Å². The Morgan fingerprint density at radius 2 is 2.11 bits per heavy atom. The summed E-state index contributed by atoms with van der Waals surface area (Å²) in [5.74, 6) is 1.87. The van der Waals surface area contributed by atoms with Crippen LogP contribution in [0.25, 0.3) is 11.0 Å². The van der Waals surface area contributed by atoms with Gasteiger partial charge in [-0.15, -0.1) is 24.0 Å². The third-order valence-electron chi connectivity index (χ3n) is 4.85. The Morgan fingerprint density at radius 1 is 1.33 bits per heavy atom. The average molecular weight is 484 g/mol. The number of guanidine groups is 1. The van der Waals surface area contributed by atoms with Gasteiger partial charge in [0.25, 0.3) is 0 Å². The molecule has 0 radical (unpaired) electrons. The number of fused-ring (bicyclic) bond motifs is 1. The molecule has 1 aromatic heterocycles. The highest BCUT2D eigenvalue weighted by Gasteiger charge is 2.25. The van der Waals surface area contributed by atoms with Crippen molar-refractivity contribution >= 4 is 46.8 Å². The van der Waals surface area contributed by atoms with Gasteiger partial charge < -0.3 is 20.0 Å². The molecule has 27 heavy (non-hydrogen) atoms. The minimum Gasteiger partial charge on any atom is -0.459 e. The number of nitrogens with one attached hydrogen (secondary N) is 2. The zero-order chi connectivity index (χ0) is 18.5. The molecule has 0 aliphatic carbocycles. The molecule has 1 aliphatic heterocycles. The summed E-state index contributed by atoms with van der Waals surface area (Å²) in [5, 5.41) is 7.88. The van der Waals surface area contributed by atoms with Crippen LogP contribution in [-0.4, -0.2) is 42.4 Å². The molecule has 1 aromatic carbocycles. The Balaban J connectivity index is 0.00000261. The molecule has 2 heterocycles. The van der Waals surface area contributed by atoms with E-state index in [1.165, 1.54) is 0 Å². The zero-order valence-electron chi connectivity index (χ0n) is 16.2.